The van der Waals surface area contributed by atoms with Crippen molar-refractivity contribution in [1.29, 1.82) is 0 Å². The Morgan fingerprint density at radius 3 is 2.28 bits per heavy atom. The minimum Gasteiger partial charge on any atom is -0.479 e. The average Bonchev–Trinajstić information content (AvgIpc) is 3.20. The summed E-state index contributed by atoms with van der Waals surface area (Å²) in [5, 5.41) is 37.5. The van der Waals surface area contributed by atoms with Crippen molar-refractivity contribution in [2.24, 2.45) is 0 Å². The van der Waals surface area contributed by atoms with Crippen LogP contribution in [0.3, 0.4) is 0 Å². The van der Waals surface area contributed by atoms with Crippen molar-refractivity contribution in [3.8, 4) is 0 Å². The van der Waals surface area contributed by atoms with Crippen LogP contribution in [0.1, 0.15) is 31.7 Å². The second-order valence-electron chi connectivity index (χ2n) is 6.77. The molecule has 2 unspecified atom stereocenters. The Balaban J connectivity index is 0.000000359. The van der Waals surface area contributed by atoms with E-state index < -0.39 is 24.1 Å². The third-order valence-corrected chi connectivity index (χ3v) is 5.13. The van der Waals surface area contributed by atoms with Gasteiger partial charge in [-0.2, -0.15) is 0 Å². The van der Waals surface area contributed by atoms with Crippen molar-refractivity contribution in [1.82, 2.24) is 10.2 Å². The van der Waals surface area contributed by atoms with Crippen LogP contribution in [0.4, 0.5) is 0 Å². The Hall–Kier alpha value is -1.42. The van der Waals surface area contributed by atoms with Crippen molar-refractivity contribution < 1.29 is 30.0 Å². The Morgan fingerprint density at radius 2 is 1.83 bits per heavy atom. The molecule has 0 saturated carbocycles. The van der Waals surface area contributed by atoms with E-state index in [9.17, 15) is 9.59 Å². The molecular formula is C19H28Cl2N2O6. The van der Waals surface area contributed by atoms with Crippen molar-refractivity contribution in [2.45, 2.75) is 51.0 Å². The summed E-state index contributed by atoms with van der Waals surface area (Å²) < 4.78 is 0. The summed E-state index contributed by atoms with van der Waals surface area (Å²) in [4.78, 5) is 22.1. The van der Waals surface area contributed by atoms with Gasteiger partial charge in [0.25, 0.3) is 0 Å². The lowest BCUT2D eigenvalue weighted by Gasteiger charge is -2.28. The number of unbranched alkanes of at least 4 members (excludes halogenated alkanes) is 1. The number of nitrogens with one attached hydrogen (secondary N) is 1. The number of halogens is 2. The molecule has 2 rings (SSSR count). The summed E-state index contributed by atoms with van der Waals surface area (Å²) >= 11 is 12.2. The molecule has 0 aromatic heterocycles. The monoisotopic (exact) mass is 450 g/mol. The van der Waals surface area contributed by atoms with Gasteiger partial charge in [0.2, 0.25) is 0 Å². The number of nitrogens with zero attached hydrogens (tertiary/aromatic N) is 1. The molecule has 1 saturated heterocycles. The third kappa shape index (κ3) is 8.86. The van der Waals surface area contributed by atoms with E-state index in [4.69, 9.17) is 43.6 Å². The van der Waals surface area contributed by atoms with Crippen LogP contribution >= 0.6 is 23.2 Å². The molecule has 164 valence electrons. The number of hydrogen-bond acceptors (Lipinski definition) is 6. The molecule has 0 bridgehead atoms. The van der Waals surface area contributed by atoms with Crippen LogP contribution in [-0.4, -0.2) is 75.1 Å². The van der Waals surface area contributed by atoms with Crippen molar-refractivity contribution >= 4 is 35.1 Å². The van der Waals surface area contributed by atoms with Gasteiger partial charge in [-0.05, 0) is 43.6 Å². The standard InChI is InChI=1S/C15H22Cl2N2.C4H6O6/c1-2-3-8-19(14-6-7-18-10-14)11-12-4-5-13(16)9-15(12)17;5-1(3(7)8)2(6)4(9)10/h4-5,9,14,18H,2-3,6-8,10-11H2,1H3;1-2,5-6H,(H,7,8)(H,9,10)/t14-;/m0./s1. The van der Waals surface area contributed by atoms with Crippen molar-refractivity contribution in [3.63, 3.8) is 0 Å². The largest absolute Gasteiger partial charge is 0.479 e. The maximum absolute atomic E-state index is 9.77. The molecule has 1 aliphatic heterocycles. The molecule has 1 heterocycles. The Bertz CT molecular complexity index is 652. The van der Waals surface area contributed by atoms with Gasteiger partial charge in [0.1, 0.15) is 0 Å². The molecule has 0 radical (unpaired) electrons. The van der Waals surface area contributed by atoms with Crippen LogP contribution in [0.2, 0.25) is 10.0 Å². The Morgan fingerprint density at radius 1 is 1.21 bits per heavy atom. The third-order valence-electron chi connectivity index (χ3n) is 4.54. The number of aliphatic hydroxyl groups excluding tert-OH is 2. The molecule has 1 aliphatic rings. The van der Waals surface area contributed by atoms with E-state index in [1.54, 1.807) is 0 Å². The predicted octanol–water partition coefficient (Wildman–Crippen LogP) is 1.83. The number of hydrogen-bond donors (Lipinski definition) is 5. The first-order valence-electron chi connectivity index (χ1n) is 9.37. The topological polar surface area (TPSA) is 130 Å². The van der Waals surface area contributed by atoms with Gasteiger partial charge in [0.05, 0.1) is 0 Å². The molecule has 10 heteroatoms. The summed E-state index contributed by atoms with van der Waals surface area (Å²) in [6, 6.07) is 6.45. The molecule has 1 aromatic carbocycles. The van der Waals surface area contributed by atoms with Gasteiger partial charge in [-0.15, -0.1) is 0 Å². The molecule has 0 spiro atoms. The summed E-state index contributed by atoms with van der Waals surface area (Å²) in [6.45, 7) is 6.51. The van der Waals surface area contributed by atoms with Crippen LogP contribution in [0.15, 0.2) is 18.2 Å². The van der Waals surface area contributed by atoms with E-state index in [1.807, 2.05) is 18.2 Å². The van der Waals surface area contributed by atoms with Gasteiger partial charge < -0.3 is 25.7 Å². The molecule has 8 nitrogen and oxygen atoms in total. The lowest BCUT2D eigenvalue weighted by molar-refractivity contribution is -0.165. The zero-order valence-electron chi connectivity index (χ0n) is 16.2. The normalized spacial score (nSPS) is 18.1. The van der Waals surface area contributed by atoms with Crippen LogP contribution in [-0.2, 0) is 16.1 Å². The highest BCUT2D eigenvalue weighted by molar-refractivity contribution is 6.35. The minimum absolute atomic E-state index is 0.637. The van der Waals surface area contributed by atoms with Gasteiger partial charge in [-0.3, -0.25) is 4.90 Å². The first-order chi connectivity index (χ1) is 13.7. The number of carbonyl (C=O) groups is 2. The van der Waals surface area contributed by atoms with Crippen molar-refractivity contribution in [2.75, 3.05) is 19.6 Å². The molecular weight excluding hydrogens is 423 g/mol. The van der Waals surface area contributed by atoms with Crippen LogP contribution < -0.4 is 5.32 Å². The zero-order valence-corrected chi connectivity index (χ0v) is 17.7. The number of carboxylic acids is 2. The minimum atomic E-state index is -2.27. The molecule has 1 fully saturated rings. The SMILES string of the molecule is CCCCN(Cc1ccc(Cl)cc1Cl)[C@H]1CCNC1.O=C(O)C(O)C(O)C(=O)O. The maximum Gasteiger partial charge on any atom is 0.335 e. The van der Waals surface area contributed by atoms with Crippen molar-refractivity contribution in [3.05, 3.63) is 33.8 Å². The van der Waals surface area contributed by atoms with Gasteiger partial charge >= 0.3 is 11.9 Å². The Kier molecular flexibility index (Phi) is 11.5. The van der Waals surface area contributed by atoms with E-state index in [0.717, 1.165) is 31.2 Å². The summed E-state index contributed by atoms with van der Waals surface area (Å²) in [5.41, 5.74) is 1.18. The van der Waals surface area contributed by atoms with Gasteiger partial charge in [0, 0.05) is 29.2 Å². The van der Waals surface area contributed by atoms with E-state index in [2.05, 4.69) is 17.1 Å². The van der Waals surface area contributed by atoms with E-state index in [0.29, 0.717) is 11.1 Å². The highest BCUT2D eigenvalue weighted by Crippen LogP contribution is 2.24. The fourth-order valence-corrected chi connectivity index (χ4v) is 3.31. The molecule has 3 atom stereocenters. The zero-order chi connectivity index (χ0) is 22.0. The number of aliphatic carboxylic acids is 2. The second kappa shape index (κ2) is 13.0. The van der Waals surface area contributed by atoms with Gasteiger partial charge in [-0.1, -0.05) is 42.6 Å². The van der Waals surface area contributed by atoms with E-state index in [-0.39, 0.29) is 0 Å². The highest BCUT2D eigenvalue weighted by atomic mass is 35.5. The fourth-order valence-electron chi connectivity index (χ4n) is 2.84. The van der Waals surface area contributed by atoms with Crippen LogP contribution in [0.25, 0.3) is 0 Å². The molecule has 29 heavy (non-hydrogen) atoms. The number of aliphatic hydroxyl groups is 2. The molecule has 0 amide bonds. The van der Waals surface area contributed by atoms with Crippen LogP contribution in [0, 0.1) is 0 Å². The fraction of sp³-hybridized carbons (Fsp3) is 0.579. The number of carboxylic acid groups (broad SMARTS) is 2. The molecule has 1 aromatic rings. The maximum atomic E-state index is 9.77. The van der Waals surface area contributed by atoms with Crippen LogP contribution in [0.5, 0.6) is 0 Å². The lowest BCUT2D eigenvalue weighted by atomic mass is 10.1. The number of benzene rings is 1. The lowest BCUT2D eigenvalue weighted by Crippen LogP contribution is -2.39. The van der Waals surface area contributed by atoms with E-state index in [1.165, 1.54) is 24.8 Å². The van der Waals surface area contributed by atoms with Gasteiger partial charge in [-0.25, -0.2) is 9.59 Å². The quantitative estimate of drug-likeness (QED) is 0.385. The predicted molar refractivity (Wildman–Crippen MR) is 110 cm³/mol. The summed E-state index contributed by atoms with van der Waals surface area (Å²) in [7, 11) is 0. The second-order valence-corrected chi connectivity index (χ2v) is 7.62. The highest BCUT2D eigenvalue weighted by Gasteiger charge is 2.29. The Labute approximate surface area is 180 Å². The molecule has 0 aliphatic carbocycles. The van der Waals surface area contributed by atoms with E-state index >= 15 is 0 Å². The molecule has 5 N–H and O–H groups in total. The summed E-state index contributed by atoms with van der Waals surface area (Å²) in [5.74, 6) is -3.54. The number of rotatable bonds is 9. The van der Waals surface area contributed by atoms with Gasteiger partial charge in [0.15, 0.2) is 12.2 Å². The average molecular weight is 451 g/mol. The first kappa shape index (κ1) is 25.6. The summed E-state index contributed by atoms with van der Waals surface area (Å²) in [6.07, 6.45) is -0.836. The smallest absolute Gasteiger partial charge is 0.335 e. The first-order valence-corrected chi connectivity index (χ1v) is 10.1.